The molecule has 0 aliphatic carbocycles. The van der Waals surface area contributed by atoms with Crippen molar-refractivity contribution in [3.8, 4) is 0 Å². The normalized spacial score (nSPS) is 21.7. The highest BCUT2D eigenvalue weighted by Crippen LogP contribution is 2.27. The van der Waals surface area contributed by atoms with E-state index in [4.69, 9.17) is 4.74 Å². The van der Waals surface area contributed by atoms with Gasteiger partial charge in [-0.05, 0) is 38.9 Å². The van der Waals surface area contributed by atoms with Crippen molar-refractivity contribution in [3.63, 3.8) is 0 Å². The van der Waals surface area contributed by atoms with Gasteiger partial charge in [-0.15, -0.1) is 0 Å². The minimum Gasteiger partial charge on any atom is -0.380 e. The number of hydrogen-bond acceptors (Lipinski definition) is 5. The van der Waals surface area contributed by atoms with E-state index >= 15 is 0 Å². The molecule has 1 fully saturated rings. The summed E-state index contributed by atoms with van der Waals surface area (Å²) in [6.07, 6.45) is 1.27. The highest BCUT2D eigenvalue weighted by molar-refractivity contribution is 5.62. The zero-order chi connectivity index (χ0) is 15.4. The van der Waals surface area contributed by atoms with Gasteiger partial charge in [0.05, 0.1) is 11.0 Å². The molecule has 0 bridgehead atoms. The molecule has 21 heavy (non-hydrogen) atoms. The summed E-state index contributed by atoms with van der Waals surface area (Å²) in [5.41, 5.74) is 1.78. The fourth-order valence-corrected chi connectivity index (χ4v) is 2.88. The van der Waals surface area contributed by atoms with Crippen molar-refractivity contribution >= 4 is 11.4 Å². The summed E-state index contributed by atoms with van der Waals surface area (Å²) >= 11 is 0. The van der Waals surface area contributed by atoms with Crippen molar-refractivity contribution in [2.24, 2.45) is 0 Å². The number of likely N-dealkylation sites (N-methyl/N-ethyl adjacent to an activating group) is 1. The van der Waals surface area contributed by atoms with E-state index in [0.717, 1.165) is 25.1 Å². The number of nitro groups is 1. The molecule has 6 nitrogen and oxygen atoms in total. The van der Waals surface area contributed by atoms with Gasteiger partial charge in [0.2, 0.25) is 0 Å². The average Bonchev–Trinajstić information content (AvgIpc) is 2.85. The lowest BCUT2D eigenvalue weighted by Crippen LogP contribution is -2.36. The number of rotatable bonds is 6. The maximum absolute atomic E-state index is 11.0. The first-order valence-electron chi connectivity index (χ1n) is 7.36. The van der Waals surface area contributed by atoms with Crippen molar-refractivity contribution in [2.45, 2.75) is 39.0 Å². The van der Waals surface area contributed by atoms with Crippen LogP contribution in [-0.4, -0.2) is 42.2 Å². The molecule has 0 saturated carbocycles. The lowest BCUT2D eigenvalue weighted by molar-refractivity contribution is -0.384. The van der Waals surface area contributed by atoms with Crippen molar-refractivity contribution in [3.05, 3.63) is 33.9 Å². The van der Waals surface area contributed by atoms with E-state index < -0.39 is 0 Å². The highest BCUT2D eigenvalue weighted by Gasteiger charge is 2.28. The van der Waals surface area contributed by atoms with Gasteiger partial charge in [0, 0.05) is 31.8 Å². The molecule has 1 saturated heterocycles. The Kier molecular flexibility index (Phi) is 5.14. The summed E-state index contributed by atoms with van der Waals surface area (Å²) in [5, 5.41) is 14.1. The number of nitro benzene ring substituents is 1. The van der Waals surface area contributed by atoms with Crippen LogP contribution in [0.4, 0.5) is 11.4 Å². The largest absolute Gasteiger partial charge is 0.380 e. The first-order valence-corrected chi connectivity index (χ1v) is 7.36. The van der Waals surface area contributed by atoms with Gasteiger partial charge >= 0.3 is 0 Å². The maximum atomic E-state index is 11.0. The van der Waals surface area contributed by atoms with Crippen molar-refractivity contribution in [1.82, 2.24) is 4.90 Å². The number of hydrogen-bond donors (Lipinski definition) is 1. The van der Waals surface area contributed by atoms with E-state index in [1.54, 1.807) is 6.07 Å². The van der Waals surface area contributed by atoms with E-state index in [0.29, 0.717) is 18.3 Å². The van der Waals surface area contributed by atoms with Crippen LogP contribution in [0, 0.1) is 10.1 Å². The zero-order valence-electron chi connectivity index (χ0n) is 12.8. The fourth-order valence-electron chi connectivity index (χ4n) is 2.88. The number of anilines is 1. The average molecular weight is 293 g/mol. The third-order valence-corrected chi connectivity index (χ3v) is 3.96. The van der Waals surface area contributed by atoms with Crippen molar-refractivity contribution in [2.75, 3.05) is 25.5 Å². The molecule has 2 rings (SSSR count). The minimum atomic E-state index is -0.349. The summed E-state index contributed by atoms with van der Waals surface area (Å²) in [6.45, 7) is 6.25. The molecule has 1 aromatic carbocycles. The Bertz CT molecular complexity index is 507. The van der Waals surface area contributed by atoms with E-state index in [2.05, 4.69) is 24.2 Å². The van der Waals surface area contributed by atoms with Gasteiger partial charge in [-0.2, -0.15) is 0 Å². The lowest BCUT2D eigenvalue weighted by atomic mass is 10.1. The van der Waals surface area contributed by atoms with Crippen LogP contribution in [0.25, 0.3) is 0 Å². The van der Waals surface area contributed by atoms with Gasteiger partial charge in [-0.3, -0.25) is 15.0 Å². The molecule has 2 unspecified atom stereocenters. The van der Waals surface area contributed by atoms with E-state index in [9.17, 15) is 10.1 Å². The molecule has 116 valence electrons. The Morgan fingerprint density at radius 2 is 2.29 bits per heavy atom. The number of ether oxygens (including phenoxy) is 1. The van der Waals surface area contributed by atoms with Gasteiger partial charge in [-0.25, -0.2) is 0 Å². The molecular weight excluding hydrogens is 270 g/mol. The van der Waals surface area contributed by atoms with Gasteiger partial charge in [-0.1, -0.05) is 6.07 Å². The van der Waals surface area contributed by atoms with Gasteiger partial charge in [0.25, 0.3) is 5.69 Å². The fraction of sp³-hybridized carbons (Fsp3) is 0.600. The van der Waals surface area contributed by atoms with Crippen LogP contribution in [0.1, 0.15) is 25.8 Å². The molecule has 1 heterocycles. The molecule has 0 spiro atoms. The Morgan fingerprint density at radius 1 is 1.52 bits per heavy atom. The van der Waals surface area contributed by atoms with Gasteiger partial charge in [0.1, 0.15) is 5.69 Å². The van der Waals surface area contributed by atoms with Crippen molar-refractivity contribution < 1.29 is 9.66 Å². The topological polar surface area (TPSA) is 67.6 Å². The second-order valence-corrected chi connectivity index (χ2v) is 5.49. The molecule has 1 N–H and O–H groups in total. The smallest absolute Gasteiger partial charge is 0.292 e. The van der Waals surface area contributed by atoms with Crippen molar-refractivity contribution in [1.29, 1.82) is 0 Å². The quantitative estimate of drug-likeness (QED) is 0.645. The predicted molar refractivity (Wildman–Crippen MR) is 82.5 cm³/mol. The third-order valence-electron chi connectivity index (χ3n) is 3.96. The molecular formula is C15H23N3O3. The summed E-state index contributed by atoms with van der Waals surface area (Å²) < 4.78 is 5.59. The molecule has 6 heteroatoms. The standard InChI is InChI=1S/C15H23N3O3/c1-4-16-13-9-12(5-6-15(13)18(19)20)10-17(3)14-7-8-21-11(14)2/h5-6,9,11,14,16H,4,7-8,10H2,1-3H3. The minimum absolute atomic E-state index is 0.126. The second-order valence-electron chi connectivity index (χ2n) is 5.49. The number of nitrogens with one attached hydrogen (secondary N) is 1. The van der Waals surface area contributed by atoms with E-state index in [1.165, 1.54) is 0 Å². The Labute approximate surface area is 125 Å². The number of nitrogens with zero attached hydrogens (tertiary/aromatic N) is 2. The van der Waals surface area contributed by atoms with Gasteiger partial charge in [0.15, 0.2) is 0 Å². The van der Waals surface area contributed by atoms with Crippen LogP contribution in [0.3, 0.4) is 0 Å². The number of benzene rings is 1. The summed E-state index contributed by atoms with van der Waals surface area (Å²) in [7, 11) is 2.07. The zero-order valence-corrected chi connectivity index (χ0v) is 12.8. The van der Waals surface area contributed by atoms with Crippen LogP contribution >= 0.6 is 0 Å². The summed E-state index contributed by atoms with van der Waals surface area (Å²) in [6, 6.07) is 5.69. The monoisotopic (exact) mass is 293 g/mol. The van der Waals surface area contributed by atoms with Crippen LogP contribution in [-0.2, 0) is 11.3 Å². The second kappa shape index (κ2) is 6.87. The molecule has 0 aromatic heterocycles. The Hall–Kier alpha value is -1.66. The molecule has 0 radical (unpaired) electrons. The molecule has 1 aliphatic heterocycles. The molecule has 0 amide bonds. The highest BCUT2D eigenvalue weighted by atomic mass is 16.6. The lowest BCUT2D eigenvalue weighted by Gasteiger charge is -2.26. The van der Waals surface area contributed by atoms with E-state index in [1.807, 2.05) is 19.1 Å². The first-order chi connectivity index (χ1) is 10.0. The van der Waals surface area contributed by atoms with Crippen LogP contribution in [0.15, 0.2) is 18.2 Å². The molecule has 1 aliphatic rings. The van der Waals surface area contributed by atoms with Crippen LogP contribution in [0.5, 0.6) is 0 Å². The molecule has 2 atom stereocenters. The molecule has 1 aromatic rings. The van der Waals surface area contributed by atoms with Crippen LogP contribution < -0.4 is 5.32 Å². The maximum Gasteiger partial charge on any atom is 0.292 e. The summed E-state index contributed by atoms with van der Waals surface area (Å²) in [5.74, 6) is 0. The predicted octanol–water partition coefficient (Wildman–Crippen LogP) is 2.64. The Morgan fingerprint density at radius 3 is 2.86 bits per heavy atom. The first kappa shape index (κ1) is 15.7. The Balaban J connectivity index is 2.12. The SMILES string of the molecule is CCNc1cc(CN(C)C2CCOC2C)ccc1[N+](=O)[O-]. The summed E-state index contributed by atoms with van der Waals surface area (Å²) in [4.78, 5) is 12.9. The van der Waals surface area contributed by atoms with Crippen LogP contribution in [0.2, 0.25) is 0 Å². The van der Waals surface area contributed by atoms with Gasteiger partial charge < -0.3 is 10.1 Å². The third kappa shape index (κ3) is 3.71. The van der Waals surface area contributed by atoms with E-state index in [-0.39, 0.29) is 16.7 Å².